The number of rotatable bonds is 5. The lowest BCUT2D eigenvalue weighted by molar-refractivity contribution is -0.121. The number of carbonyl (C=O) groups is 1. The number of aromatic nitrogens is 2. The first-order valence-corrected chi connectivity index (χ1v) is 10.0. The second-order valence-corrected chi connectivity index (χ2v) is 7.61. The van der Waals surface area contributed by atoms with Gasteiger partial charge >= 0.3 is 5.69 Å². The van der Waals surface area contributed by atoms with E-state index in [1.54, 1.807) is 23.6 Å². The average Bonchev–Trinajstić information content (AvgIpc) is 3.22. The molecule has 0 aliphatic heterocycles. The molecule has 2 aromatic heterocycles. The Hall–Kier alpha value is -3.45. The molecule has 4 aromatic rings. The Bertz CT molecular complexity index is 1300. The van der Waals surface area contributed by atoms with Crippen LogP contribution >= 0.6 is 11.3 Å². The molecule has 6 nitrogen and oxygen atoms in total. The van der Waals surface area contributed by atoms with Crippen LogP contribution in [-0.2, 0) is 17.9 Å². The minimum absolute atomic E-state index is 0.162. The molecular weight excluding hydrogens is 386 g/mol. The molecule has 1 N–H and O–H groups in total. The third-order valence-electron chi connectivity index (χ3n) is 4.75. The van der Waals surface area contributed by atoms with E-state index in [0.717, 1.165) is 15.7 Å². The number of nitrogens with one attached hydrogen (secondary N) is 1. The van der Waals surface area contributed by atoms with Gasteiger partial charge in [0.15, 0.2) is 0 Å². The highest BCUT2D eigenvalue weighted by atomic mass is 32.1. The SMILES string of the molecule is Cc1ccccc1-n1c(=O)c2sccc2n(CC(=O)NCc2ccccc2)c1=O. The topological polar surface area (TPSA) is 73.1 Å². The highest BCUT2D eigenvalue weighted by molar-refractivity contribution is 7.17. The normalized spacial score (nSPS) is 10.9. The molecule has 4 rings (SSSR count). The lowest BCUT2D eigenvalue weighted by Crippen LogP contribution is -2.41. The van der Waals surface area contributed by atoms with E-state index >= 15 is 0 Å². The molecule has 1 amide bonds. The Balaban J connectivity index is 1.74. The predicted octanol–water partition coefficient (Wildman–Crippen LogP) is 2.84. The molecule has 7 heteroatoms. The number of thiophene rings is 1. The van der Waals surface area contributed by atoms with Gasteiger partial charge in [-0.15, -0.1) is 11.3 Å². The number of aryl methyl sites for hydroxylation is 1. The van der Waals surface area contributed by atoms with E-state index < -0.39 is 5.69 Å². The number of carbonyl (C=O) groups excluding carboxylic acids is 1. The van der Waals surface area contributed by atoms with E-state index in [1.165, 1.54) is 15.9 Å². The lowest BCUT2D eigenvalue weighted by atomic mass is 10.2. The molecule has 0 bridgehead atoms. The fraction of sp³-hybridized carbons (Fsp3) is 0.136. The summed E-state index contributed by atoms with van der Waals surface area (Å²) in [5, 5.41) is 4.59. The number of hydrogen-bond acceptors (Lipinski definition) is 4. The molecule has 29 heavy (non-hydrogen) atoms. The Labute approximate surface area is 170 Å². The summed E-state index contributed by atoms with van der Waals surface area (Å²) in [4.78, 5) is 38.7. The van der Waals surface area contributed by atoms with Crippen LogP contribution in [0.2, 0.25) is 0 Å². The van der Waals surface area contributed by atoms with Gasteiger partial charge in [0, 0.05) is 6.54 Å². The molecule has 146 valence electrons. The third-order valence-corrected chi connectivity index (χ3v) is 5.64. The van der Waals surface area contributed by atoms with Gasteiger partial charge in [-0.3, -0.25) is 14.2 Å². The largest absolute Gasteiger partial charge is 0.350 e. The zero-order valence-corrected chi connectivity index (χ0v) is 16.6. The van der Waals surface area contributed by atoms with Crippen LogP contribution in [0.3, 0.4) is 0 Å². The maximum atomic E-state index is 13.2. The van der Waals surface area contributed by atoms with E-state index in [1.807, 2.05) is 49.4 Å². The second-order valence-electron chi connectivity index (χ2n) is 6.69. The summed E-state index contributed by atoms with van der Waals surface area (Å²) in [6, 6.07) is 18.5. The molecule has 2 heterocycles. The van der Waals surface area contributed by atoms with Crippen molar-refractivity contribution < 1.29 is 4.79 Å². The molecule has 0 unspecified atom stereocenters. The number of hydrogen-bond donors (Lipinski definition) is 1. The van der Waals surface area contributed by atoms with Crippen LogP contribution in [0.5, 0.6) is 0 Å². The van der Waals surface area contributed by atoms with E-state index in [2.05, 4.69) is 5.32 Å². The van der Waals surface area contributed by atoms with Crippen molar-refractivity contribution >= 4 is 27.5 Å². The smallest absolute Gasteiger partial charge is 0.336 e. The van der Waals surface area contributed by atoms with Gasteiger partial charge in [-0.2, -0.15) is 0 Å². The van der Waals surface area contributed by atoms with Gasteiger partial charge in [-0.25, -0.2) is 9.36 Å². The molecule has 0 saturated heterocycles. The fourth-order valence-electron chi connectivity index (χ4n) is 3.26. The van der Waals surface area contributed by atoms with Crippen molar-refractivity contribution in [3.05, 3.63) is 98.0 Å². The van der Waals surface area contributed by atoms with Crippen molar-refractivity contribution in [3.63, 3.8) is 0 Å². The first-order valence-electron chi connectivity index (χ1n) is 9.16. The number of nitrogens with zero attached hydrogens (tertiary/aromatic N) is 2. The minimum atomic E-state index is -0.523. The Morgan fingerprint density at radius 2 is 1.72 bits per heavy atom. The first-order chi connectivity index (χ1) is 14.1. The van der Waals surface area contributed by atoms with E-state index in [4.69, 9.17) is 0 Å². The second kappa shape index (κ2) is 7.89. The summed E-state index contributed by atoms with van der Waals surface area (Å²) < 4.78 is 2.96. The maximum absolute atomic E-state index is 13.2. The Morgan fingerprint density at radius 3 is 2.48 bits per heavy atom. The standard InChI is InChI=1S/C22H19N3O3S/c1-15-7-5-6-10-17(15)25-21(27)20-18(11-12-29-20)24(22(25)28)14-19(26)23-13-16-8-3-2-4-9-16/h2-12H,13-14H2,1H3,(H,23,26). The van der Waals surface area contributed by atoms with Crippen LogP contribution in [0.15, 0.2) is 75.6 Å². The van der Waals surface area contributed by atoms with Crippen molar-refractivity contribution in [2.24, 2.45) is 0 Å². The summed E-state index contributed by atoms with van der Waals surface area (Å²) in [6.45, 7) is 2.06. The van der Waals surface area contributed by atoms with Crippen LogP contribution in [0.25, 0.3) is 15.9 Å². The number of amides is 1. The fourth-order valence-corrected chi connectivity index (χ4v) is 4.09. The molecule has 0 atom stereocenters. The van der Waals surface area contributed by atoms with Crippen LogP contribution in [-0.4, -0.2) is 15.0 Å². The third kappa shape index (κ3) is 3.64. The zero-order valence-electron chi connectivity index (χ0n) is 15.8. The van der Waals surface area contributed by atoms with Crippen molar-refractivity contribution in [2.75, 3.05) is 0 Å². The predicted molar refractivity (Wildman–Crippen MR) is 115 cm³/mol. The summed E-state index contributed by atoms with van der Waals surface area (Å²) in [6.07, 6.45) is 0. The number of para-hydroxylation sites is 1. The van der Waals surface area contributed by atoms with Gasteiger partial charge < -0.3 is 5.32 Å². The highest BCUT2D eigenvalue weighted by Gasteiger charge is 2.18. The molecule has 0 saturated carbocycles. The van der Waals surface area contributed by atoms with E-state index in [-0.39, 0.29) is 18.0 Å². The Morgan fingerprint density at radius 1 is 1.00 bits per heavy atom. The lowest BCUT2D eigenvalue weighted by Gasteiger charge is -2.13. The van der Waals surface area contributed by atoms with Crippen LogP contribution in [0, 0.1) is 6.92 Å². The zero-order chi connectivity index (χ0) is 20.4. The number of benzene rings is 2. The number of fused-ring (bicyclic) bond motifs is 1. The quantitative estimate of drug-likeness (QED) is 0.555. The molecule has 0 aliphatic rings. The van der Waals surface area contributed by atoms with Gasteiger partial charge in [0.25, 0.3) is 5.56 Å². The summed E-state index contributed by atoms with van der Waals surface area (Å²) in [5.41, 5.74) is 1.89. The van der Waals surface area contributed by atoms with Crippen molar-refractivity contribution in [2.45, 2.75) is 20.0 Å². The van der Waals surface area contributed by atoms with Gasteiger partial charge in [0.2, 0.25) is 5.91 Å². The summed E-state index contributed by atoms with van der Waals surface area (Å²) in [5.74, 6) is -0.293. The first kappa shape index (κ1) is 18.9. The highest BCUT2D eigenvalue weighted by Crippen LogP contribution is 2.17. The molecule has 0 aliphatic carbocycles. The van der Waals surface area contributed by atoms with Crippen LogP contribution in [0.4, 0.5) is 0 Å². The Kier molecular flexibility index (Phi) is 5.14. The van der Waals surface area contributed by atoms with Crippen LogP contribution in [0.1, 0.15) is 11.1 Å². The average molecular weight is 405 g/mol. The maximum Gasteiger partial charge on any atom is 0.336 e. The van der Waals surface area contributed by atoms with E-state index in [0.29, 0.717) is 22.4 Å². The van der Waals surface area contributed by atoms with Crippen molar-refractivity contribution in [1.82, 2.24) is 14.5 Å². The van der Waals surface area contributed by atoms with Gasteiger partial charge in [-0.05, 0) is 35.6 Å². The summed E-state index contributed by atoms with van der Waals surface area (Å²) in [7, 11) is 0. The van der Waals surface area contributed by atoms with Gasteiger partial charge in [0.1, 0.15) is 11.2 Å². The van der Waals surface area contributed by atoms with E-state index in [9.17, 15) is 14.4 Å². The van der Waals surface area contributed by atoms with Crippen molar-refractivity contribution in [1.29, 1.82) is 0 Å². The summed E-state index contributed by atoms with van der Waals surface area (Å²) >= 11 is 1.26. The van der Waals surface area contributed by atoms with Crippen LogP contribution < -0.4 is 16.6 Å². The molecule has 0 spiro atoms. The monoisotopic (exact) mass is 405 g/mol. The molecule has 0 radical (unpaired) electrons. The molecular formula is C22H19N3O3S. The van der Waals surface area contributed by atoms with Crippen molar-refractivity contribution in [3.8, 4) is 5.69 Å². The minimum Gasteiger partial charge on any atom is -0.350 e. The van der Waals surface area contributed by atoms with Gasteiger partial charge in [-0.1, -0.05) is 48.5 Å². The molecule has 0 fully saturated rings. The van der Waals surface area contributed by atoms with Gasteiger partial charge in [0.05, 0.1) is 11.2 Å². The molecule has 2 aromatic carbocycles.